The fourth-order valence-corrected chi connectivity index (χ4v) is 2.18. The van der Waals surface area contributed by atoms with Gasteiger partial charge in [-0.1, -0.05) is 20.8 Å². The van der Waals surface area contributed by atoms with Gasteiger partial charge >= 0.3 is 0 Å². The Morgan fingerprint density at radius 1 is 1.56 bits per heavy atom. The molecule has 1 unspecified atom stereocenters. The van der Waals surface area contributed by atoms with E-state index in [-0.39, 0.29) is 5.41 Å². The fraction of sp³-hybridized carbons (Fsp3) is 0.615. The molecular weight excluding hydrogens is 216 g/mol. The second kappa shape index (κ2) is 5.47. The Kier molecular flexibility index (Phi) is 4.52. The Hall–Kier alpha value is -0.850. The predicted octanol–water partition coefficient (Wildman–Crippen LogP) is 2.94. The minimum atomic E-state index is 0.146. The van der Waals surface area contributed by atoms with Crippen molar-refractivity contribution >= 4 is 11.3 Å². The second-order valence-electron chi connectivity index (χ2n) is 5.07. The van der Waals surface area contributed by atoms with Crippen LogP contribution in [0.3, 0.4) is 0 Å². The Bertz CT molecular complexity index is 368. The zero-order valence-electron chi connectivity index (χ0n) is 10.5. The minimum absolute atomic E-state index is 0.146. The molecule has 0 amide bonds. The lowest BCUT2D eigenvalue weighted by molar-refractivity contribution is 0.562. The monoisotopic (exact) mass is 236 g/mol. The molecule has 0 aliphatic heterocycles. The SMILES string of the molecule is C#CCC(C)NCc1cnc(C(C)(C)C)s1. The van der Waals surface area contributed by atoms with Crippen LogP contribution in [0, 0.1) is 12.3 Å². The smallest absolute Gasteiger partial charge is 0.0981 e. The third kappa shape index (κ3) is 3.96. The molecule has 2 nitrogen and oxygen atoms in total. The summed E-state index contributed by atoms with van der Waals surface area (Å²) in [5.74, 6) is 2.66. The van der Waals surface area contributed by atoms with Crippen LogP contribution in [0.4, 0.5) is 0 Å². The van der Waals surface area contributed by atoms with Gasteiger partial charge in [0.15, 0.2) is 0 Å². The first-order valence-electron chi connectivity index (χ1n) is 5.55. The highest BCUT2D eigenvalue weighted by Gasteiger charge is 2.17. The van der Waals surface area contributed by atoms with Gasteiger partial charge in [0.25, 0.3) is 0 Å². The standard InChI is InChI=1S/C13H20N2S/c1-6-7-10(2)14-8-11-9-15-12(16-11)13(3,4)5/h1,9-10,14H,7-8H2,2-5H3. The van der Waals surface area contributed by atoms with Gasteiger partial charge in [0, 0.05) is 35.5 Å². The first-order chi connectivity index (χ1) is 7.43. The lowest BCUT2D eigenvalue weighted by Gasteiger charge is -2.13. The predicted molar refractivity (Wildman–Crippen MR) is 70.6 cm³/mol. The van der Waals surface area contributed by atoms with Crippen LogP contribution in [0.5, 0.6) is 0 Å². The molecule has 0 bridgehead atoms. The van der Waals surface area contributed by atoms with Crippen molar-refractivity contribution in [1.29, 1.82) is 0 Å². The number of terminal acetylenes is 1. The number of hydrogen-bond donors (Lipinski definition) is 1. The van der Waals surface area contributed by atoms with Gasteiger partial charge in [-0.3, -0.25) is 0 Å². The average Bonchev–Trinajstić information content (AvgIpc) is 2.63. The van der Waals surface area contributed by atoms with Gasteiger partial charge in [0.2, 0.25) is 0 Å². The highest BCUT2D eigenvalue weighted by atomic mass is 32.1. The van der Waals surface area contributed by atoms with E-state index in [1.54, 1.807) is 11.3 Å². The number of aromatic nitrogens is 1. The quantitative estimate of drug-likeness (QED) is 0.813. The maximum atomic E-state index is 5.26. The van der Waals surface area contributed by atoms with Crippen LogP contribution in [-0.2, 0) is 12.0 Å². The van der Waals surface area contributed by atoms with Crippen molar-refractivity contribution in [3.63, 3.8) is 0 Å². The van der Waals surface area contributed by atoms with E-state index in [0.717, 1.165) is 13.0 Å². The molecule has 3 heteroatoms. The summed E-state index contributed by atoms with van der Waals surface area (Å²) in [5, 5.41) is 4.58. The molecule has 16 heavy (non-hydrogen) atoms. The summed E-state index contributed by atoms with van der Waals surface area (Å²) in [6.45, 7) is 9.51. The first kappa shape index (κ1) is 13.2. The highest BCUT2D eigenvalue weighted by Crippen LogP contribution is 2.26. The van der Waals surface area contributed by atoms with Gasteiger partial charge in [-0.25, -0.2) is 4.98 Å². The van der Waals surface area contributed by atoms with Gasteiger partial charge in [-0.15, -0.1) is 23.7 Å². The van der Waals surface area contributed by atoms with Gasteiger partial charge in [0.1, 0.15) is 0 Å². The summed E-state index contributed by atoms with van der Waals surface area (Å²) in [5.41, 5.74) is 0.146. The third-order valence-electron chi connectivity index (χ3n) is 2.24. The first-order valence-corrected chi connectivity index (χ1v) is 6.37. The van der Waals surface area contributed by atoms with Crippen LogP contribution >= 0.6 is 11.3 Å². The maximum absolute atomic E-state index is 5.26. The van der Waals surface area contributed by atoms with E-state index in [1.165, 1.54) is 9.88 Å². The third-order valence-corrected chi connectivity index (χ3v) is 3.67. The van der Waals surface area contributed by atoms with Crippen molar-refractivity contribution < 1.29 is 0 Å². The number of hydrogen-bond acceptors (Lipinski definition) is 3. The van der Waals surface area contributed by atoms with Crippen molar-refractivity contribution in [3.05, 3.63) is 16.1 Å². The Morgan fingerprint density at radius 3 is 2.75 bits per heavy atom. The molecule has 0 saturated carbocycles. The molecule has 0 saturated heterocycles. The average molecular weight is 236 g/mol. The number of nitrogens with zero attached hydrogens (tertiary/aromatic N) is 1. The molecule has 0 spiro atoms. The van der Waals surface area contributed by atoms with Gasteiger partial charge in [-0.2, -0.15) is 0 Å². The fourth-order valence-electron chi connectivity index (χ4n) is 1.26. The van der Waals surface area contributed by atoms with Crippen molar-refractivity contribution in [2.45, 2.75) is 52.1 Å². The van der Waals surface area contributed by atoms with Gasteiger partial charge in [-0.05, 0) is 6.92 Å². The number of nitrogens with one attached hydrogen (secondary N) is 1. The lowest BCUT2D eigenvalue weighted by atomic mass is 9.98. The molecule has 1 aromatic rings. The molecule has 0 aliphatic carbocycles. The molecule has 1 atom stereocenters. The van der Waals surface area contributed by atoms with Crippen molar-refractivity contribution in [2.24, 2.45) is 0 Å². The molecule has 1 rings (SSSR count). The summed E-state index contributed by atoms with van der Waals surface area (Å²) >= 11 is 1.77. The summed E-state index contributed by atoms with van der Waals surface area (Å²) in [6, 6.07) is 0.366. The van der Waals surface area contributed by atoms with Crippen molar-refractivity contribution in [2.75, 3.05) is 0 Å². The number of thiazole rings is 1. The van der Waals surface area contributed by atoms with E-state index in [1.807, 2.05) is 6.20 Å². The van der Waals surface area contributed by atoms with E-state index in [0.29, 0.717) is 6.04 Å². The van der Waals surface area contributed by atoms with Crippen LogP contribution < -0.4 is 5.32 Å². The molecule has 0 aromatic carbocycles. The largest absolute Gasteiger partial charge is 0.308 e. The topological polar surface area (TPSA) is 24.9 Å². The highest BCUT2D eigenvalue weighted by molar-refractivity contribution is 7.11. The summed E-state index contributed by atoms with van der Waals surface area (Å²) in [4.78, 5) is 5.72. The zero-order chi connectivity index (χ0) is 12.2. The van der Waals surface area contributed by atoms with E-state index < -0.39 is 0 Å². The lowest BCUT2D eigenvalue weighted by Crippen LogP contribution is -2.24. The van der Waals surface area contributed by atoms with Crippen LogP contribution in [0.1, 0.15) is 44.0 Å². The summed E-state index contributed by atoms with van der Waals surface area (Å²) < 4.78 is 0. The van der Waals surface area contributed by atoms with Crippen LogP contribution in [0.25, 0.3) is 0 Å². The van der Waals surface area contributed by atoms with E-state index in [4.69, 9.17) is 6.42 Å². The van der Waals surface area contributed by atoms with Crippen LogP contribution in [0.2, 0.25) is 0 Å². The molecule has 1 aromatic heterocycles. The van der Waals surface area contributed by atoms with Crippen LogP contribution in [-0.4, -0.2) is 11.0 Å². The molecule has 0 radical (unpaired) electrons. The normalized spacial score (nSPS) is 13.4. The molecule has 1 heterocycles. The number of rotatable bonds is 4. The summed E-state index contributed by atoms with van der Waals surface area (Å²) in [7, 11) is 0. The molecule has 88 valence electrons. The van der Waals surface area contributed by atoms with E-state index in [2.05, 4.69) is 43.9 Å². The maximum Gasteiger partial charge on any atom is 0.0981 e. The summed E-state index contributed by atoms with van der Waals surface area (Å²) in [6.07, 6.45) is 7.99. The van der Waals surface area contributed by atoms with Gasteiger partial charge in [0.05, 0.1) is 5.01 Å². The van der Waals surface area contributed by atoms with Gasteiger partial charge < -0.3 is 5.32 Å². The Labute approximate surface area is 102 Å². The van der Waals surface area contributed by atoms with Crippen LogP contribution in [0.15, 0.2) is 6.20 Å². The molecule has 0 fully saturated rings. The minimum Gasteiger partial charge on any atom is -0.308 e. The van der Waals surface area contributed by atoms with E-state index >= 15 is 0 Å². The molecular formula is C13H20N2S. The zero-order valence-corrected chi connectivity index (χ0v) is 11.3. The van der Waals surface area contributed by atoms with E-state index in [9.17, 15) is 0 Å². The van der Waals surface area contributed by atoms with Crippen molar-refractivity contribution in [1.82, 2.24) is 10.3 Å². The second-order valence-corrected chi connectivity index (χ2v) is 6.19. The Balaban J connectivity index is 2.51. The molecule has 0 aliphatic rings. The Morgan fingerprint density at radius 2 is 2.25 bits per heavy atom. The molecule has 1 N–H and O–H groups in total. The van der Waals surface area contributed by atoms with Crippen molar-refractivity contribution in [3.8, 4) is 12.3 Å².